The molecule has 2 radical (unpaired) electrons. The molecule has 52 valence electrons. The predicted octanol–water partition coefficient (Wildman–Crippen LogP) is -1.27. The normalized spacial score (nSPS) is 10.5. The molecule has 5 nitrogen and oxygen atoms in total. The lowest BCUT2D eigenvalue weighted by Gasteiger charge is -1.89. The zero-order valence-electron chi connectivity index (χ0n) is 5.57. The van der Waals surface area contributed by atoms with Gasteiger partial charge in [-0.3, -0.25) is 0 Å². The van der Waals surface area contributed by atoms with E-state index in [0.717, 1.165) is 0 Å². The number of fused-ring (bicyclic) bond motifs is 1. The molecule has 11 heavy (non-hydrogen) atoms. The molecule has 2 aromatic heterocycles. The second-order valence-corrected chi connectivity index (χ2v) is 2.08. The van der Waals surface area contributed by atoms with Gasteiger partial charge in [0.05, 0.1) is 5.72 Å². The van der Waals surface area contributed by atoms with Crippen LogP contribution in [0.4, 0.5) is 5.82 Å². The zero-order valence-corrected chi connectivity index (χ0v) is 5.57. The summed E-state index contributed by atoms with van der Waals surface area (Å²) in [5, 5.41) is 0. The Bertz CT molecular complexity index is 395. The Hall–Kier alpha value is -1.59. The highest BCUT2D eigenvalue weighted by Gasteiger charge is 2.02. The minimum absolute atomic E-state index is 0.298. The molecule has 0 aliphatic rings. The van der Waals surface area contributed by atoms with E-state index in [0.29, 0.717) is 22.7 Å². The lowest BCUT2D eigenvalue weighted by atomic mass is 10.1. The molecule has 6 heteroatoms. The van der Waals surface area contributed by atoms with E-state index in [1.54, 1.807) is 0 Å². The highest BCUT2D eigenvalue weighted by Crippen LogP contribution is 2.08. The molecular formula is C5H4BN5. The van der Waals surface area contributed by atoms with Crippen LogP contribution in [-0.2, 0) is 0 Å². The first-order chi connectivity index (χ1) is 5.27. The van der Waals surface area contributed by atoms with Crippen molar-refractivity contribution in [1.82, 2.24) is 19.9 Å². The fourth-order valence-corrected chi connectivity index (χ4v) is 0.864. The smallest absolute Gasteiger partial charge is 0.182 e. The Morgan fingerprint density at radius 3 is 3.00 bits per heavy atom. The van der Waals surface area contributed by atoms with Crippen LogP contribution in [0.15, 0.2) is 6.33 Å². The molecule has 0 saturated carbocycles. The van der Waals surface area contributed by atoms with Crippen molar-refractivity contribution in [3.05, 3.63) is 6.33 Å². The maximum atomic E-state index is 5.49. The van der Waals surface area contributed by atoms with Crippen molar-refractivity contribution in [2.75, 3.05) is 5.73 Å². The maximum Gasteiger partial charge on any atom is 0.182 e. The molecule has 0 fully saturated rings. The summed E-state index contributed by atoms with van der Waals surface area (Å²) < 4.78 is 0. The van der Waals surface area contributed by atoms with E-state index in [4.69, 9.17) is 13.6 Å². The monoisotopic (exact) mass is 145 g/mol. The number of nitrogens with zero attached hydrogens (tertiary/aromatic N) is 3. The van der Waals surface area contributed by atoms with Gasteiger partial charge >= 0.3 is 0 Å². The Morgan fingerprint density at radius 2 is 2.27 bits per heavy atom. The summed E-state index contributed by atoms with van der Waals surface area (Å²) in [5.74, 6) is 0.360. The summed E-state index contributed by atoms with van der Waals surface area (Å²) >= 11 is 0. The van der Waals surface area contributed by atoms with E-state index in [-0.39, 0.29) is 0 Å². The third-order valence-corrected chi connectivity index (χ3v) is 1.34. The minimum atomic E-state index is 0.298. The van der Waals surface area contributed by atoms with Gasteiger partial charge in [-0.25, -0.2) is 15.0 Å². The van der Waals surface area contributed by atoms with Crippen molar-refractivity contribution in [3.8, 4) is 0 Å². The van der Waals surface area contributed by atoms with Crippen molar-refractivity contribution in [1.29, 1.82) is 0 Å². The average molecular weight is 145 g/mol. The summed E-state index contributed by atoms with van der Waals surface area (Å²) in [7, 11) is 5.37. The average Bonchev–Trinajstić information content (AvgIpc) is 2.31. The van der Waals surface area contributed by atoms with Gasteiger partial charge in [0.15, 0.2) is 19.3 Å². The van der Waals surface area contributed by atoms with Gasteiger partial charge in [0, 0.05) is 0 Å². The Kier molecular flexibility index (Phi) is 1.09. The number of aromatic amines is 1. The quantitative estimate of drug-likeness (QED) is 0.452. The zero-order chi connectivity index (χ0) is 7.84. The number of H-pyrrole nitrogens is 1. The molecule has 2 rings (SSSR count). The van der Waals surface area contributed by atoms with Crippen LogP contribution in [0.3, 0.4) is 0 Å². The molecule has 0 atom stereocenters. The number of imidazole rings is 1. The van der Waals surface area contributed by atoms with Crippen LogP contribution in [0.5, 0.6) is 0 Å². The van der Waals surface area contributed by atoms with Crippen LogP contribution in [0, 0.1) is 0 Å². The first-order valence-corrected chi connectivity index (χ1v) is 2.99. The molecule has 0 amide bonds. The van der Waals surface area contributed by atoms with Crippen LogP contribution in [0.2, 0.25) is 0 Å². The van der Waals surface area contributed by atoms with Gasteiger partial charge in [-0.15, -0.1) is 0 Å². The number of rotatable bonds is 0. The van der Waals surface area contributed by atoms with Crippen LogP contribution >= 0.6 is 0 Å². The van der Waals surface area contributed by atoms with Crippen LogP contribution < -0.4 is 11.5 Å². The molecule has 3 N–H and O–H groups in total. The number of nitrogens with one attached hydrogen (secondary N) is 1. The second-order valence-electron chi connectivity index (χ2n) is 2.08. The van der Waals surface area contributed by atoms with Gasteiger partial charge in [0.25, 0.3) is 0 Å². The molecule has 2 aromatic rings. The van der Waals surface area contributed by atoms with E-state index in [1.807, 2.05) is 0 Å². The predicted molar refractivity (Wildman–Crippen MR) is 41.5 cm³/mol. The third-order valence-electron chi connectivity index (χ3n) is 1.34. The lowest BCUT2D eigenvalue weighted by molar-refractivity contribution is 1.21. The Balaban J connectivity index is 2.90. The van der Waals surface area contributed by atoms with E-state index in [1.165, 1.54) is 6.33 Å². The second kappa shape index (κ2) is 1.95. The van der Waals surface area contributed by atoms with Crippen molar-refractivity contribution < 1.29 is 0 Å². The first kappa shape index (κ1) is 6.15. The molecule has 0 aliphatic heterocycles. The van der Waals surface area contributed by atoms with Gasteiger partial charge in [-0.2, -0.15) is 0 Å². The van der Waals surface area contributed by atoms with Crippen LogP contribution in [-0.4, -0.2) is 27.8 Å². The summed E-state index contributed by atoms with van der Waals surface area (Å²) in [6, 6.07) is 0. The summed E-state index contributed by atoms with van der Waals surface area (Å²) in [5.41, 5.74) is 6.87. The summed E-state index contributed by atoms with van der Waals surface area (Å²) in [6.45, 7) is 0. The molecule has 0 spiro atoms. The summed E-state index contributed by atoms with van der Waals surface area (Å²) in [4.78, 5) is 14.2. The maximum absolute atomic E-state index is 5.49. The molecule has 0 aliphatic carbocycles. The van der Waals surface area contributed by atoms with Gasteiger partial charge in [0.1, 0.15) is 11.8 Å². The Morgan fingerprint density at radius 1 is 1.45 bits per heavy atom. The molecular weight excluding hydrogens is 141 g/mol. The number of nitrogens with two attached hydrogens (primary N) is 1. The standard InChI is InChI=1S/C5H4BN5/c6-5-10-2-3(7)8-1-9-4(2)11-5/h1H,(H3,7,8,9,10,11). The lowest BCUT2D eigenvalue weighted by Crippen LogP contribution is -2.05. The van der Waals surface area contributed by atoms with Crippen LogP contribution in [0.1, 0.15) is 0 Å². The SMILES string of the molecule is [B]c1nc2ncnc(N)c2[nH]1. The minimum Gasteiger partial charge on any atom is -0.382 e. The molecule has 0 bridgehead atoms. The molecule has 0 aromatic carbocycles. The van der Waals surface area contributed by atoms with Crippen molar-refractivity contribution >= 4 is 30.6 Å². The third kappa shape index (κ3) is 0.831. The molecule has 0 unspecified atom stereocenters. The molecule has 0 saturated heterocycles. The van der Waals surface area contributed by atoms with E-state index in [9.17, 15) is 0 Å². The number of hydrogen-bond acceptors (Lipinski definition) is 4. The summed E-state index contributed by atoms with van der Waals surface area (Å²) in [6.07, 6.45) is 1.35. The fourth-order valence-electron chi connectivity index (χ4n) is 0.864. The van der Waals surface area contributed by atoms with E-state index >= 15 is 0 Å². The van der Waals surface area contributed by atoms with Gasteiger partial charge in [0.2, 0.25) is 0 Å². The number of nitrogen functional groups attached to an aromatic ring is 1. The number of anilines is 1. The largest absolute Gasteiger partial charge is 0.382 e. The van der Waals surface area contributed by atoms with Crippen LogP contribution in [0.25, 0.3) is 11.2 Å². The number of aromatic nitrogens is 4. The topological polar surface area (TPSA) is 80.5 Å². The van der Waals surface area contributed by atoms with Gasteiger partial charge in [-0.05, 0) is 0 Å². The van der Waals surface area contributed by atoms with Gasteiger partial charge < -0.3 is 10.7 Å². The Labute approximate surface area is 63.5 Å². The fraction of sp³-hybridized carbons (Fsp3) is 0. The van der Waals surface area contributed by atoms with Crippen molar-refractivity contribution in [2.24, 2.45) is 0 Å². The van der Waals surface area contributed by atoms with E-state index < -0.39 is 0 Å². The van der Waals surface area contributed by atoms with E-state index in [2.05, 4.69) is 19.9 Å². The molecule has 2 heterocycles. The first-order valence-electron chi connectivity index (χ1n) is 2.99. The van der Waals surface area contributed by atoms with Gasteiger partial charge in [-0.1, -0.05) is 0 Å². The highest BCUT2D eigenvalue weighted by molar-refractivity contribution is 6.30. The number of hydrogen-bond donors (Lipinski definition) is 2. The highest BCUT2D eigenvalue weighted by atomic mass is 15.0. The van der Waals surface area contributed by atoms with Crippen molar-refractivity contribution in [2.45, 2.75) is 0 Å². The van der Waals surface area contributed by atoms with Crippen molar-refractivity contribution in [3.63, 3.8) is 0 Å².